The highest BCUT2D eigenvalue weighted by atomic mass is 19.1. The molecule has 22 heavy (non-hydrogen) atoms. The molecule has 0 saturated carbocycles. The molecule has 2 fully saturated rings. The van der Waals surface area contributed by atoms with Crippen molar-refractivity contribution in [3.63, 3.8) is 0 Å². The second-order valence-electron chi connectivity index (χ2n) is 6.12. The highest BCUT2D eigenvalue weighted by molar-refractivity contribution is 4.87. The molecule has 0 aliphatic carbocycles. The minimum Gasteiger partial charge on any atom is -0.390 e. The molecule has 2 saturated heterocycles. The van der Waals surface area contributed by atoms with E-state index in [1.165, 1.54) is 13.8 Å². The average molecular weight is 326 g/mol. The predicted molar refractivity (Wildman–Crippen MR) is 77.9 cm³/mol. The largest absolute Gasteiger partial charge is 0.390 e. The Balaban J connectivity index is 0.000000220. The van der Waals surface area contributed by atoms with Crippen LogP contribution in [-0.4, -0.2) is 83.4 Å². The molecular formula is C14H28F2N2O4. The van der Waals surface area contributed by atoms with Crippen LogP contribution in [0, 0.1) is 11.8 Å². The van der Waals surface area contributed by atoms with Gasteiger partial charge in [0.05, 0.1) is 24.4 Å². The number of rotatable bonds is 2. The molecule has 0 aromatic rings. The number of hydrogen-bond donors (Lipinski definition) is 6. The molecule has 6 nitrogen and oxygen atoms in total. The molecule has 0 radical (unpaired) electrons. The predicted octanol–water partition coefficient (Wildman–Crippen LogP) is -1.43. The molecule has 2 rings (SSSR count). The van der Waals surface area contributed by atoms with Crippen molar-refractivity contribution in [1.82, 2.24) is 10.6 Å². The van der Waals surface area contributed by atoms with E-state index in [9.17, 15) is 19.0 Å². The first-order valence-corrected chi connectivity index (χ1v) is 7.67. The summed E-state index contributed by atoms with van der Waals surface area (Å²) in [5, 5.41) is 42.5. The van der Waals surface area contributed by atoms with Crippen LogP contribution in [0.4, 0.5) is 8.78 Å². The fourth-order valence-corrected chi connectivity index (χ4v) is 2.72. The third kappa shape index (κ3) is 5.36. The Labute approximate surface area is 129 Å². The lowest BCUT2D eigenvalue weighted by Gasteiger charge is -2.33. The SMILES string of the molecule is CC(F)[C@H]1CNC[C@@H](O)[C@@H]1O.CC(F)[C@H]1CNC[C@@H](O)[C@@H]1O. The van der Waals surface area contributed by atoms with E-state index in [-0.39, 0.29) is 0 Å². The fourth-order valence-electron chi connectivity index (χ4n) is 2.72. The lowest BCUT2D eigenvalue weighted by Crippen LogP contribution is -2.52. The molecule has 0 bridgehead atoms. The number of piperidine rings is 2. The van der Waals surface area contributed by atoms with Gasteiger partial charge in [0.1, 0.15) is 12.3 Å². The van der Waals surface area contributed by atoms with Crippen molar-refractivity contribution in [3.8, 4) is 0 Å². The highest BCUT2D eigenvalue weighted by Crippen LogP contribution is 2.18. The van der Waals surface area contributed by atoms with E-state index in [0.717, 1.165) is 0 Å². The summed E-state index contributed by atoms with van der Waals surface area (Å²) in [4.78, 5) is 0. The van der Waals surface area contributed by atoms with Gasteiger partial charge in [0.25, 0.3) is 0 Å². The lowest BCUT2D eigenvalue weighted by atomic mass is 9.91. The van der Waals surface area contributed by atoms with Crippen molar-refractivity contribution in [3.05, 3.63) is 0 Å². The maximum Gasteiger partial charge on any atom is 0.104 e. The van der Waals surface area contributed by atoms with Crippen LogP contribution >= 0.6 is 0 Å². The van der Waals surface area contributed by atoms with Crippen LogP contribution in [0.5, 0.6) is 0 Å². The number of halogens is 2. The molecule has 132 valence electrons. The van der Waals surface area contributed by atoms with Crippen LogP contribution in [0.15, 0.2) is 0 Å². The summed E-state index contributed by atoms with van der Waals surface area (Å²) in [6.07, 6.45) is -5.65. The van der Waals surface area contributed by atoms with Crippen molar-refractivity contribution in [2.24, 2.45) is 11.8 Å². The van der Waals surface area contributed by atoms with E-state index >= 15 is 0 Å². The van der Waals surface area contributed by atoms with Gasteiger partial charge in [0.15, 0.2) is 0 Å². The van der Waals surface area contributed by atoms with Gasteiger partial charge in [-0.2, -0.15) is 0 Å². The van der Waals surface area contributed by atoms with E-state index in [4.69, 9.17) is 10.2 Å². The average Bonchev–Trinajstić information content (AvgIpc) is 2.45. The molecule has 0 amide bonds. The quantitative estimate of drug-likeness (QED) is 0.372. The van der Waals surface area contributed by atoms with Gasteiger partial charge in [0.2, 0.25) is 0 Å². The van der Waals surface area contributed by atoms with Gasteiger partial charge >= 0.3 is 0 Å². The standard InChI is InChI=1S/2C7H14FNO2/c2*1-4(8)5-2-9-3-6(10)7(5)11/h2*4-7,9-11H,2-3H2,1H3/t2*4?,5-,6-,7-/m11/s1. The number of aliphatic hydroxyl groups excluding tert-OH is 4. The molecule has 8 heteroatoms. The normalized spacial score (nSPS) is 42.0. The molecule has 0 spiro atoms. The number of alkyl halides is 2. The van der Waals surface area contributed by atoms with Gasteiger partial charge in [-0.05, 0) is 13.8 Å². The summed E-state index contributed by atoms with van der Waals surface area (Å²) < 4.78 is 25.4. The lowest BCUT2D eigenvalue weighted by molar-refractivity contribution is -0.0543. The van der Waals surface area contributed by atoms with Gasteiger partial charge < -0.3 is 31.1 Å². The Morgan fingerprint density at radius 1 is 0.727 bits per heavy atom. The van der Waals surface area contributed by atoms with Crippen LogP contribution in [0.3, 0.4) is 0 Å². The van der Waals surface area contributed by atoms with E-state index in [0.29, 0.717) is 26.2 Å². The third-order valence-electron chi connectivity index (χ3n) is 4.31. The minimum absolute atomic E-state index is 0.352. The molecule has 6 N–H and O–H groups in total. The summed E-state index contributed by atoms with van der Waals surface area (Å²) in [5.41, 5.74) is 0. The Morgan fingerprint density at radius 3 is 1.27 bits per heavy atom. The topological polar surface area (TPSA) is 105 Å². The van der Waals surface area contributed by atoms with Crippen molar-refractivity contribution in [1.29, 1.82) is 0 Å². The van der Waals surface area contributed by atoms with Gasteiger partial charge in [-0.3, -0.25) is 0 Å². The van der Waals surface area contributed by atoms with Crippen LogP contribution in [-0.2, 0) is 0 Å². The minimum atomic E-state index is -1.08. The molecule has 0 aromatic carbocycles. The number of β-amino-alcohol motifs (C(OH)–C–C–N with tert-alkyl or cyclic N) is 2. The molecule has 2 heterocycles. The highest BCUT2D eigenvalue weighted by Gasteiger charge is 2.34. The number of aliphatic hydroxyl groups is 4. The summed E-state index contributed by atoms with van der Waals surface area (Å²) in [7, 11) is 0. The van der Waals surface area contributed by atoms with E-state index in [2.05, 4.69) is 10.6 Å². The van der Waals surface area contributed by atoms with Crippen molar-refractivity contribution >= 4 is 0 Å². The summed E-state index contributed by atoms with van der Waals surface area (Å²) in [6, 6.07) is 0. The van der Waals surface area contributed by atoms with E-state index in [1.54, 1.807) is 0 Å². The maximum atomic E-state index is 12.7. The van der Waals surface area contributed by atoms with Crippen molar-refractivity contribution in [2.45, 2.75) is 50.6 Å². The Hall–Kier alpha value is -0.380. The van der Waals surface area contributed by atoms with Crippen LogP contribution in [0.25, 0.3) is 0 Å². The zero-order valence-corrected chi connectivity index (χ0v) is 13.0. The van der Waals surface area contributed by atoms with Crippen molar-refractivity contribution < 1.29 is 29.2 Å². The van der Waals surface area contributed by atoms with E-state index < -0.39 is 48.6 Å². The molecule has 8 atom stereocenters. The number of hydrogen-bond acceptors (Lipinski definition) is 6. The van der Waals surface area contributed by atoms with Gasteiger partial charge in [0, 0.05) is 38.0 Å². The van der Waals surface area contributed by atoms with Gasteiger partial charge in [-0.25, -0.2) is 8.78 Å². The molecule has 2 unspecified atom stereocenters. The van der Waals surface area contributed by atoms with Gasteiger partial charge in [-0.15, -0.1) is 0 Å². The first-order valence-electron chi connectivity index (χ1n) is 7.67. The van der Waals surface area contributed by atoms with E-state index in [1.807, 2.05) is 0 Å². The fraction of sp³-hybridized carbons (Fsp3) is 1.00. The Morgan fingerprint density at radius 2 is 1.05 bits per heavy atom. The molecule has 2 aliphatic rings. The Kier molecular flexibility index (Phi) is 8.09. The second kappa shape index (κ2) is 9.05. The number of nitrogens with one attached hydrogen (secondary N) is 2. The monoisotopic (exact) mass is 326 g/mol. The van der Waals surface area contributed by atoms with Crippen LogP contribution in [0.2, 0.25) is 0 Å². The van der Waals surface area contributed by atoms with Crippen LogP contribution < -0.4 is 10.6 Å². The zero-order chi connectivity index (χ0) is 16.9. The maximum absolute atomic E-state index is 12.7. The smallest absolute Gasteiger partial charge is 0.104 e. The first kappa shape index (κ1) is 19.7. The first-order chi connectivity index (χ1) is 10.3. The van der Waals surface area contributed by atoms with Crippen molar-refractivity contribution in [2.75, 3.05) is 26.2 Å². The summed E-state index contributed by atoms with van der Waals surface area (Å²) in [6.45, 7) is 4.38. The summed E-state index contributed by atoms with van der Waals surface area (Å²) in [5.74, 6) is -0.947. The molecule has 0 aromatic heterocycles. The third-order valence-corrected chi connectivity index (χ3v) is 4.31. The van der Waals surface area contributed by atoms with Crippen LogP contribution in [0.1, 0.15) is 13.8 Å². The zero-order valence-electron chi connectivity index (χ0n) is 13.0. The second-order valence-corrected chi connectivity index (χ2v) is 6.12. The van der Waals surface area contributed by atoms with Gasteiger partial charge in [-0.1, -0.05) is 0 Å². The molecular weight excluding hydrogens is 298 g/mol. The molecule has 2 aliphatic heterocycles. The summed E-state index contributed by atoms with van der Waals surface area (Å²) >= 11 is 0. The Bertz CT molecular complexity index is 293.